The van der Waals surface area contributed by atoms with E-state index in [1.54, 1.807) is 109 Å². The molecule has 0 atom stereocenters. The molecule has 0 fully saturated rings. The number of nitrogens with zero attached hydrogens (tertiary/aromatic N) is 6. The monoisotopic (exact) mass is 1080 g/mol. The van der Waals surface area contributed by atoms with Crippen LogP contribution in [0.2, 0.25) is 0 Å². The average Bonchev–Trinajstić information content (AvgIpc) is 3.72. The van der Waals surface area contributed by atoms with Gasteiger partial charge in [0.15, 0.2) is 0 Å². The molecule has 0 aliphatic carbocycles. The molecule has 0 saturated carbocycles. The van der Waals surface area contributed by atoms with Gasteiger partial charge < -0.3 is 33.9 Å². The summed E-state index contributed by atoms with van der Waals surface area (Å²) in [6, 6.07) is 23.5. The fraction of sp³-hybridized carbons (Fsp3) is 0.400. The lowest BCUT2D eigenvalue weighted by Crippen LogP contribution is -2.45. The number of tetrazole rings is 1. The quantitative estimate of drug-likeness (QED) is 0.0800. The predicted octanol–water partition coefficient (Wildman–Crippen LogP) is 6.45. The standard InChI is InChI=1S/C45H57IN8O11S2/c1-44(2,3)64-42(55)47-24-26-52(43(56)65-45(4,5)6)27-25-48-66(57,58)38-23-22-37(46)39(41-49-51-54(50-41)30-33-14-20-36(63-9)21-15-33)40(38)67(59,60)53(28-31-10-16-34(61-7)17-11-31)29-32-12-18-35(62-8)19-13-32/h10-23,48H,24-30H2,1-9H3,(H,47,55). The number of benzene rings is 4. The van der Waals surface area contributed by atoms with Gasteiger partial charge in [-0.3, -0.25) is 0 Å². The predicted molar refractivity (Wildman–Crippen MR) is 258 cm³/mol. The van der Waals surface area contributed by atoms with Crippen molar-refractivity contribution in [2.45, 2.75) is 82.2 Å². The van der Waals surface area contributed by atoms with E-state index in [0.717, 1.165) is 5.56 Å². The number of carbonyl (C=O) groups excluding carboxylic acids is 2. The molecule has 0 radical (unpaired) electrons. The van der Waals surface area contributed by atoms with Crippen LogP contribution < -0.4 is 24.2 Å². The number of methoxy groups -OCH3 is 3. The molecule has 0 aliphatic heterocycles. The summed E-state index contributed by atoms with van der Waals surface area (Å²) in [6.45, 7) is 9.22. The first kappa shape index (κ1) is 52.4. The van der Waals surface area contributed by atoms with Crippen molar-refractivity contribution in [3.8, 4) is 28.6 Å². The molecule has 0 saturated heterocycles. The van der Waals surface area contributed by atoms with Crippen LogP contribution in [-0.4, -0.2) is 117 Å². The van der Waals surface area contributed by atoms with Crippen LogP contribution in [0.4, 0.5) is 9.59 Å². The van der Waals surface area contributed by atoms with E-state index in [0.29, 0.717) is 31.9 Å². The Morgan fingerprint density at radius 3 is 1.67 bits per heavy atom. The number of halogens is 1. The molecule has 5 rings (SSSR count). The normalized spacial score (nSPS) is 12.1. The number of hydrogen-bond acceptors (Lipinski definition) is 14. The molecule has 2 amide bonds. The summed E-state index contributed by atoms with van der Waals surface area (Å²) in [4.78, 5) is 27.0. The molecule has 19 nitrogen and oxygen atoms in total. The zero-order chi connectivity index (χ0) is 49.2. The van der Waals surface area contributed by atoms with Gasteiger partial charge in [-0.05, 0) is 135 Å². The first-order valence-corrected chi connectivity index (χ1v) is 25.0. The van der Waals surface area contributed by atoms with Gasteiger partial charge in [-0.15, -0.1) is 10.2 Å². The number of amides is 2. The van der Waals surface area contributed by atoms with Crippen molar-refractivity contribution in [2.24, 2.45) is 0 Å². The number of carbonyl (C=O) groups is 2. The maximum Gasteiger partial charge on any atom is 0.410 e. The highest BCUT2D eigenvalue weighted by atomic mass is 127. The molecule has 5 aromatic rings. The van der Waals surface area contributed by atoms with Gasteiger partial charge in [-0.25, -0.2) is 31.1 Å². The molecular weight excluding hydrogens is 1020 g/mol. The Labute approximate surface area is 405 Å². The minimum Gasteiger partial charge on any atom is -0.497 e. The largest absolute Gasteiger partial charge is 0.497 e. The summed E-state index contributed by atoms with van der Waals surface area (Å²) in [5, 5.41) is 15.6. The average molecular weight is 1080 g/mol. The zero-order valence-electron chi connectivity index (χ0n) is 38.9. The Morgan fingerprint density at radius 2 is 1.18 bits per heavy atom. The maximum atomic E-state index is 15.6. The Kier molecular flexibility index (Phi) is 17.6. The molecule has 362 valence electrons. The number of alkyl carbamates (subject to hydrolysis) is 1. The van der Waals surface area contributed by atoms with Crippen LogP contribution in [0, 0.1) is 3.57 Å². The first-order valence-electron chi connectivity index (χ1n) is 21.0. The van der Waals surface area contributed by atoms with Crippen LogP contribution >= 0.6 is 22.6 Å². The highest BCUT2D eigenvalue weighted by Crippen LogP contribution is 2.38. The second-order valence-corrected chi connectivity index (χ2v) is 21.8. The van der Waals surface area contributed by atoms with E-state index in [2.05, 4.69) is 25.4 Å². The molecule has 2 N–H and O–H groups in total. The van der Waals surface area contributed by atoms with Gasteiger partial charge >= 0.3 is 12.2 Å². The minimum absolute atomic E-state index is 0.0475. The van der Waals surface area contributed by atoms with E-state index in [1.807, 2.05) is 34.7 Å². The van der Waals surface area contributed by atoms with Crippen molar-refractivity contribution in [3.05, 3.63) is 105 Å². The molecular formula is C45H57IN8O11S2. The highest BCUT2D eigenvalue weighted by Gasteiger charge is 2.37. The number of nitrogens with one attached hydrogen (secondary N) is 2. The molecule has 0 aliphatic rings. The number of hydrogen-bond donors (Lipinski definition) is 2. The van der Waals surface area contributed by atoms with Crippen molar-refractivity contribution < 1.29 is 50.1 Å². The van der Waals surface area contributed by atoms with Crippen molar-refractivity contribution in [2.75, 3.05) is 47.5 Å². The molecule has 0 unspecified atom stereocenters. The third-order valence-corrected chi connectivity index (χ3v) is 13.9. The van der Waals surface area contributed by atoms with Crippen LogP contribution in [0.3, 0.4) is 0 Å². The fourth-order valence-electron chi connectivity index (χ4n) is 6.36. The Hall–Kier alpha value is -5.56. The summed E-state index contributed by atoms with van der Waals surface area (Å²) in [5.74, 6) is 1.62. The summed E-state index contributed by atoms with van der Waals surface area (Å²) in [6.07, 6.45) is -1.47. The lowest BCUT2D eigenvalue weighted by atomic mass is 10.2. The van der Waals surface area contributed by atoms with Crippen molar-refractivity contribution in [1.82, 2.24) is 39.5 Å². The Morgan fingerprint density at radius 1 is 0.687 bits per heavy atom. The minimum atomic E-state index is -4.83. The van der Waals surface area contributed by atoms with Gasteiger partial charge in [-0.2, -0.15) is 9.10 Å². The summed E-state index contributed by atoms with van der Waals surface area (Å²) >= 11 is 1.93. The second kappa shape index (κ2) is 22.5. The summed E-state index contributed by atoms with van der Waals surface area (Å²) in [7, 11) is -4.97. The Bertz CT molecular complexity index is 2640. The van der Waals surface area contributed by atoms with Crippen LogP contribution in [0.25, 0.3) is 11.4 Å². The van der Waals surface area contributed by atoms with Crippen LogP contribution in [-0.2, 0) is 49.2 Å². The highest BCUT2D eigenvalue weighted by molar-refractivity contribution is 14.1. The van der Waals surface area contributed by atoms with Gasteiger partial charge in [0.2, 0.25) is 25.9 Å². The molecule has 67 heavy (non-hydrogen) atoms. The van der Waals surface area contributed by atoms with E-state index in [1.165, 1.54) is 40.4 Å². The molecule has 1 heterocycles. The third-order valence-electron chi connectivity index (χ3n) is 9.53. The van der Waals surface area contributed by atoms with Gasteiger partial charge in [0.1, 0.15) is 38.2 Å². The van der Waals surface area contributed by atoms with Gasteiger partial charge in [0.05, 0.1) is 33.4 Å². The summed E-state index contributed by atoms with van der Waals surface area (Å²) in [5.41, 5.74) is 0.198. The molecule has 0 spiro atoms. The fourth-order valence-corrected chi connectivity index (χ4v) is 10.7. The number of ether oxygens (including phenoxy) is 5. The molecule has 4 aromatic carbocycles. The first-order chi connectivity index (χ1) is 31.5. The van der Waals surface area contributed by atoms with Crippen LogP contribution in [0.1, 0.15) is 58.2 Å². The maximum absolute atomic E-state index is 15.6. The zero-order valence-corrected chi connectivity index (χ0v) is 42.7. The lowest BCUT2D eigenvalue weighted by Gasteiger charge is -2.28. The van der Waals surface area contributed by atoms with E-state index < -0.39 is 53.2 Å². The van der Waals surface area contributed by atoms with Crippen LogP contribution in [0.15, 0.2) is 94.7 Å². The van der Waals surface area contributed by atoms with Gasteiger partial charge in [0.25, 0.3) is 0 Å². The number of aromatic nitrogens is 4. The lowest BCUT2D eigenvalue weighted by molar-refractivity contribution is 0.0244. The molecule has 22 heteroatoms. The van der Waals surface area contributed by atoms with Crippen LogP contribution in [0.5, 0.6) is 17.2 Å². The topological polar surface area (TPSA) is 223 Å². The number of rotatable bonds is 20. The smallest absolute Gasteiger partial charge is 0.410 e. The summed E-state index contributed by atoms with van der Waals surface area (Å²) < 4.78 is 91.4. The SMILES string of the molecule is COc1ccc(CN(Cc2ccc(OC)cc2)S(=O)(=O)c2c(S(=O)(=O)NCCN(CCNC(=O)OC(C)(C)C)C(=O)OC(C)(C)C)ccc(I)c2-c2nnn(Cc3ccc(OC)cc3)n2)cc1. The van der Waals surface area contributed by atoms with E-state index in [4.69, 9.17) is 23.7 Å². The van der Waals surface area contributed by atoms with Gasteiger partial charge in [0, 0.05) is 42.8 Å². The molecule has 0 bridgehead atoms. The van der Waals surface area contributed by atoms with E-state index in [-0.39, 0.29) is 57.2 Å². The van der Waals surface area contributed by atoms with E-state index >= 15 is 8.42 Å². The van der Waals surface area contributed by atoms with Gasteiger partial charge in [-0.1, -0.05) is 36.4 Å². The number of sulfonamides is 2. The Balaban J connectivity index is 1.58. The molecule has 1 aromatic heterocycles. The van der Waals surface area contributed by atoms with Crippen molar-refractivity contribution >= 4 is 54.8 Å². The third kappa shape index (κ3) is 15.0. The second-order valence-electron chi connectivity index (χ2n) is 17.0. The van der Waals surface area contributed by atoms with Crippen molar-refractivity contribution in [3.63, 3.8) is 0 Å². The van der Waals surface area contributed by atoms with Crippen molar-refractivity contribution in [1.29, 1.82) is 0 Å². The van der Waals surface area contributed by atoms with E-state index in [9.17, 15) is 18.0 Å².